The maximum Gasteiger partial charge on any atom is 0.274 e. The summed E-state index contributed by atoms with van der Waals surface area (Å²) in [5.74, 6) is 1.10. The molecule has 1 rings (SSSR count). The molecule has 2 heteroatoms. The van der Waals surface area contributed by atoms with E-state index in [1.54, 1.807) is 0 Å². The zero-order valence-corrected chi connectivity index (χ0v) is 11.0. The van der Waals surface area contributed by atoms with Gasteiger partial charge in [-0.15, -0.1) is 0 Å². The fourth-order valence-electron chi connectivity index (χ4n) is 1.60. The first-order chi connectivity index (χ1) is 7.24. The van der Waals surface area contributed by atoms with Gasteiger partial charge in [0.2, 0.25) is 0 Å². The second-order valence-corrected chi connectivity index (χ2v) is 6.10. The molecule has 0 N–H and O–H groups in total. The van der Waals surface area contributed by atoms with Crippen molar-refractivity contribution in [3.05, 3.63) is 29.8 Å². The van der Waals surface area contributed by atoms with Gasteiger partial charge >= 0.3 is 0 Å². The summed E-state index contributed by atoms with van der Waals surface area (Å²) >= 11 is 0. The number of aryl methyl sites for hydroxylation is 1. The van der Waals surface area contributed by atoms with Crippen LogP contribution in [-0.4, -0.2) is 9.04 Å². The summed E-state index contributed by atoms with van der Waals surface area (Å²) in [6.45, 7) is 6.59. The SMILES string of the molecule is CCCCCc1ccccc1O[Si](C)C. The average Bonchev–Trinajstić information content (AvgIpc) is 2.20. The lowest BCUT2D eigenvalue weighted by molar-refractivity contribution is 0.566. The van der Waals surface area contributed by atoms with Gasteiger partial charge in [0.25, 0.3) is 9.04 Å². The van der Waals surface area contributed by atoms with Crippen LogP contribution in [0.2, 0.25) is 13.1 Å². The van der Waals surface area contributed by atoms with Crippen LogP contribution in [0.15, 0.2) is 24.3 Å². The molecule has 0 aliphatic heterocycles. The smallest absolute Gasteiger partial charge is 0.274 e. The van der Waals surface area contributed by atoms with Crippen molar-refractivity contribution in [2.75, 3.05) is 0 Å². The zero-order chi connectivity index (χ0) is 11.1. The van der Waals surface area contributed by atoms with Crippen LogP contribution in [0.1, 0.15) is 31.7 Å². The zero-order valence-electron chi connectivity index (χ0n) is 10.0. The van der Waals surface area contributed by atoms with Gasteiger partial charge in [-0.25, -0.2) is 0 Å². The van der Waals surface area contributed by atoms with Gasteiger partial charge in [-0.3, -0.25) is 0 Å². The van der Waals surface area contributed by atoms with E-state index in [4.69, 9.17) is 4.43 Å². The van der Waals surface area contributed by atoms with Crippen LogP contribution in [0.25, 0.3) is 0 Å². The van der Waals surface area contributed by atoms with E-state index >= 15 is 0 Å². The topological polar surface area (TPSA) is 9.23 Å². The van der Waals surface area contributed by atoms with Crippen molar-refractivity contribution in [1.29, 1.82) is 0 Å². The maximum atomic E-state index is 5.88. The lowest BCUT2D eigenvalue weighted by atomic mass is 10.1. The Morgan fingerprint density at radius 2 is 1.87 bits per heavy atom. The highest BCUT2D eigenvalue weighted by Gasteiger charge is 2.05. The van der Waals surface area contributed by atoms with Crippen LogP contribution >= 0.6 is 0 Å². The predicted octanol–water partition coefficient (Wildman–Crippen LogP) is 4.05. The minimum Gasteiger partial charge on any atom is -0.542 e. The van der Waals surface area contributed by atoms with E-state index in [0.717, 1.165) is 12.2 Å². The molecule has 0 spiro atoms. The number of rotatable bonds is 6. The van der Waals surface area contributed by atoms with E-state index in [1.165, 1.54) is 24.8 Å². The van der Waals surface area contributed by atoms with Gasteiger partial charge in [0.1, 0.15) is 5.75 Å². The number of hydrogen-bond acceptors (Lipinski definition) is 1. The molecule has 0 atom stereocenters. The first-order valence-corrected chi connectivity index (χ1v) is 8.20. The molecule has 0 fully saturated rings. The Kier molecular flexibility index (Phi) is 5.47. The van der Waals surface area contributed by atoms with E-state index in [1.807, 2.05) is 0 Å². The predicted molar refractivity (Wildman–Crippen MR) is 67.8 cm³/mol. The third-order valence-electron chi connectivity index (χ3n) is 2.34. The van der Waals surface area contributed by atoms with Crippen LogP contribution in [0, 0.1) is 0 Å². The largest absolute Gasteiger partial charge is 0.542 e. The molecule has 0 saturated heterocycles. The van der Waals surface area contributed by atoms with Gasteiger partial charge in [-0.05, 0) is 37.6 Å². The van der Waals surface area contributed by atoms with Crippen LogP contribution in [0.3, 0.4) is 0 Å². The van der Waals surface area contributed by atoms with Crippen molar-refractivity contribution in [2.45, 2.75) is 45.7 Å². The Morgan fingerprint density at radius 1 is 1.13 bits per heavy atom. The number of hydrogen-bond donors (Lipinski definition) is 0. The fraction of sp³-hybridized carbons (Fsp3) is 0.538. The van der Waals surface area contributed by atoms with Crippen LogP contribution in [-0.2, 0) is 6.42 Å². The fourth-order valence-corrected chi connectivity index (χ4v) is 2.23. The number of benzene rings is 1. The Labute approximate surface area is 95.2 Å². The molecule has 0 bridgehead atoms. The molecule has 1 radical (unpaired) electrons. The molecular formula is C13H21OSi. The van der Waals surface area contributed by atoms with Crippen molar-refractivity contribution < 1.29 is 4.43 Å². The van der Waals surface area contributed by atoms with E-state index in [2.05, 4.69) is 44.3 Å². The van der Waals surface area contributed by atoms with Crippen LogP contribution in [0.5, 0.6) is 5.75 Å². The third-order valence-corrected chi connectivity index (χ3v) is 2.96. The summed E-state index contributed by atoms with van der Waals surface area (Å²) < 4.78 is 5.88. The first kappa shape index (κ1) is 12.3. The Bertz CT molecular complexity index is 284. The molecule has 1 aromatic rings. The first-order valence-electron chi connectivity index (χ1n) is 5.80. The molecule has 0 unspecified atom stereocenters. The molecular weight excluding hydrogens is 200 g/mol. The van der Waals surface area contributed by atoms with Gasteiger partial charge < -0.3 is 4.43 Å². The van der Waals surface area contributed by atoms with Crippen molar-refractivity contribution in [3.63, 3.8) is 0 Å². The average molecular weight is 221 g/mol. The van der Waals surface area contributed by atoms with Crippen molar-refractivity contribution in [3.8, 4) is 5.75 Å². The quantitative estimate of drug-likeness (QED) is 0.520. The van der Waals surface area contributed by atoms with Gasteiger partial charge in [0.15, 0.2) is 0 Å². The molecule has 83 valence electrons. The number of unbranched alkanes of at least 4 members (excludes halogenated alkanes) is 2. The lowest BCUT2D eigenvalue weighted by Crippen LogP contribution is -2.12. The summed E-state index contributed by atoms with van der Waals surface area (Å²) in [6.07, 6.45) is 5.01. The highest BCUT2D eigenvalue weighted by atomic mass is 28.3. The second-order valence-electron chi connectivity index (χ2n) is 4.08. The highest BCUT2D eigenvalue weighted by Crippen LogP contribution is 2.20. The molecule has 0 aliphatic carbocycles. The lowest BCUT2D eigenvalue weighted by Gasteiger charge is -2.13. The minimum absolute atomic E-state index is 0.639. The minimum atomic E-state index is -0.639. The van der Waals surface area contributed by atoms with E-state index in [9.17, 15) is 0 Å². The molecule has 1 aromatic carbocycles. The molecule has 0 saturated carbocycles. The summed E-state index contributed by atoms with van der Waals surface area (Å²) in [6, 6.07) is 8.45. The number of para-hydroxylation sites is 1. The third kappa shape index (κ3) is 4.52. The molecule has 0 aromatic heterocycles. The van der Waals surface area contributed by atoms with Gasteiger partial charge in [-0.1, -0.05) is 38.0 Å². The van der Waals surface area contributed by atoms with Crippen LogP contribution in [0.4, 0.5) is 0 Å². The van der Waals surface area contributed by atoms with Crippen molar-refractivity contribution in [2.24, 2.45) is 0 Å². The molecule has 0 amide bonds. The van der Waals surface area contributed by atoms with Crippen molar-refractivity contribution >= 4 is 9.04 Å². The molecule has 15 heavy (non-hydrogen) atoms. The molecule has 0 heterocycles. The van der Waals surface area contributed by atoms with Crippen molar-refractivity contribution in [1.82, 2.24) is 0 Å². The standard InChI is InChI=1S/C13H21OSi/c1-4-5-6-9-12-10-7-8-11-13(12)14-15(2)3/h7-8,10-11H,4-6,9H2,1-3H3. The molecule has 1 nitrogen and oxygen atoms in total. The Morgan fingerprint density at radius 3 is 2.53 bits per heavy atom. The molecule has 0 aliphatic rings. The second kappa shape index (κ2) is 6.67. The van der Waals surface area contributed by atoms with E-state index in [-0.39, 0.29) is 0 Å². The normalized spacial score (nSPS) is 10.7. The summed E-state index contributed by atoms with van der Waals surface area (Å²) in [5, 5.41) is 0. The van der Waals surface area contributed by atoms with Gasteiger partial charge in [0.05, 0.1) is 0 Å². The Hall–Kier alpha value is -0.763. The van der Waals surface area contributed by atoms with Gasteiger partial charge in [0, 0.05) is 0 Å². The van der Waals surface area contributed by atoms with E-state index in [0.29, 0.717) is 0 Å². The van der Waals surface area contributed by atoms with Crippen LogP contribution < -0.4 is 4.43 Å². The Balaban J connectivity index is 2.60. The monoisotopic (exact) mass is 221 g/mol. The van der Waals surface area contributed by atoms with Gasteiger partial charge in [-0.2, -0.15) is 0 Å². The summed E-state index contributed by atoms with van der Waals surface area (Å²) in [7, 11) is -0.639. The summed E-state index contributed by atoms with van der Waals surface area (Å²) in [5.41, 5.74) is 1.37. The van der Waals surface area contributed by atoms with E-state index < -0.39 is 9.04 Å². The summed E-state index contributed by atoms with van der Waals surface area (Å²) in [4.78, 5) is 0. The maximum absolute atomic E-state index is 5.88. The highest BCUT2D eigenvalue weighted by molar-refractivity contribution is 6.49.